The second-order valence-corrected chi connectivity index (χ2v) is 6.76. The van der Waals surface area contributed by atoms with Gasteiger partial charge in [0.1, 0.15) is 0 Å². The molecule has 0 radical (unpaired) electrons. The van der Waals surface area contributed by atoms with E-state index in [-0.39, 0.29) is 0 Å². The zero-order valence-electron chi connectivity index (χ0n) is 12.0. The molecule has 2 nitrogen and oxygen atoms in total. The van der Waals surface area contributed by atoms with Crippen molar-refractivity contribution in [3.63, 3.8) is 0 Å². The zero-order valence-corrected chi connectivity index (χ0v) is 12.8. The summed E-state index contributed by atoms with van der Waals surface area (Å²) in [6, 6.07) is 11.9. The van der Waals surface area contributed by atoms with Gasteiger partial charge in [-0.1, -0.05) is 49.0 Å². The minimum atomic E-state index is 0.375. The monoisotopic (exact) mass is 288 g/mol. The lowest BCUT2D eigenvalue weighted by Gasteiger charge is -2.43. The number of benzene rings is 1. The zero-order chi connectivity index (χ0) is 13.9. The van der Waals surface area contributed by atoms with Crippen LogP contribution in [0.3, 0.4) is 0 Å². The van der Waals surface area contributed by atoms with Gasteiger partial charge in [0.05, 0.1) is 4.99 Å². The molecule has 3 rings (SSSR count). The summed E-state index contributed by atoms with van der Waals surface area (Å²) in [4.78, 5) is 3.34. The Hall–Kier alpha value is -0.930. The van der Waals surface area contributed by atoms with Crippen molar-refractivity contribution in [2.24, 2.45) is 11.7 Å². The summed E-state index contributed by atoms with van der Waals surface area (Å²) in [5.74, 6) is 0.904. The number of thiocarbonyl (C=S) groups is 1. The molecule has 20 heavy (non-hydrogen) atoms. The van der Waals surface area contributed by atoms with Crippen molar-refractivity contribution in [2.45, 2.75) is 50.6 Å². The Morgan fingerprint density at radius 2 is 1.95 bits per heavy atom. The molecule has 3 unspecified atom stereocenters. The number of nitrogens with two attached hydrogens (primary N) is 1. The van der Waals surface area contributed by atoms with Gasteiger partial charge >= 0.3 is 0 Å². The highest BCUT2D eigenvalue weighted by atomic mass is 32.1. The van der Waals surface area contributed by atoms with E-state index >= 15 is 0 Å². The molecule has 0 bridgehead atoms. The van der Waals surface area contributed by atoms with Crippen LogP contribution in [0.15, 0.2) is 30.3 Å². The summed E-state index contributed by atoms with van der Waals surface area (Å²) in [5, 5.41) is 0. The minimum absolute atomic E-state index is 0.375. The molecule has 1 saturated carbocycles. The third kappa shape index (κ3) is 2.89. The average molecular weight is 288 g/mol. The van der Waals surface area contributed by atoms with Gasteiger partial charge < -0.3 is 5.73 Å². The van der Waals surface area contributed by atoms with Crippen LogP contribution in [0, 0.1) is 5.92 Å². The number of likely N-dealkylation sites (tertiary alicyclic amines) is 1. The highest BCUT2D eigenvalue weighted by Crippen LogP contribution is 2.41. The van der Waals surface area contributed by atoms with E-state index in [0.29, 0.717) is 11.0 Å². The second kappa shape index (κ2) is 6.23. The molecule has 0 spiro atoms. The van der Waals surface area contributed by atoms with Crippen LogP contribution in [0.25, 0.3) is 0 Å². The number of hydrogen-bond donors (Lipinski definition) is 1. The first-order valence-corrected chi connectivity index (χ1v) is 8.25. The van der Waals surface area contributed by atoms with E-state index in [2.05, 4.69) is 35.2 Å². The molecule has 2 N–H and O–H groups in total. The van der Waals surface area contributed by atoms with Gasteiger partial charge in [0.2, 0.25) is 0 Å². The maximum Gasteiger partial charge on any atom is 0.0746 e. The van der Waals surface area contributed by atoms with E-state index in [1.54, 1.807) is 0 Å². The van der Waals surface area contributed by atoms with Crippen LogP contribution >= 0.6 is 12.2 Å². The van der Waals surface area contributed by atoms with Gasteiger partial charge in [-0.15, -0.1) is 0 Å². The van der Waals surface area contributed by atoms with Crippen molar-refractivity contribution in [3.05, 3.63) is 35.9 Å². The summed E-state index contributed by atoms with van der Waals surface area (Å²) in [7, 11) is 0. The van der Waals surface area contributed by atoms with Crippen molar-refractivity contribution in [2.75, 3.05) is 6.54 Å². The molecule has 1 aromatic rings. The normalized spacial score (nSPS) is 28.0. The fraction of sp³-hybridized carbons (Fsp3) is 0.588. The first kappa shape index (κ1) is 14.0. The molecule has 3 atom stereocenters. The fourth-order valence-electron chi connectivity index (χ4n) is 4.17. The Balaban J connectivity index is 1.86. The third-order valence-electron chi connectivity index (χ3n) is 5.02. The lowest BCUT2D eigenvalue weighted by Crippen LogP contribution is -2.45. The molecule has 108 valence electrons. The van der Waals surface area contributed by atoms with E-state index in [1.165, 1.54) is 44.2 Å². The Bertz CT molecular complexity index is 459. The van der Waals surface area contributed by atoms with Gasteiger partial charge in [0.25, 0.3) is 0 Å². The second-order valence-electron chi connectivity index (χ2n) is 6.24. The highest BCUT2D eigenvalue weighted by molar-refractivity contribution is 7.80. The lowest BCUT2D eigenvalue weighted by molar-refractivity contribution is 0.0696. The molecule has 2 fully saturated rings. The summed E-state index contributed by atoms with van der Waals surface area (Å²) in [6.45, 7) is 1.20. The molecular weight excluding hydrogens is 264 g/mol. The fourth-order valence-corrected chi connectivity index (χ4v) is 4.33. The van der Waals surface area contributed by atoms with Gasteiger partial charge in [-0.25, -0.2) is 0 Å². The van der Waals surface area contributed by atoms with Crippen LogP contribution in [0.5, 0.6) is 0 Å². The number of rotatable bonds is 4. The maximum absolute atomic E-state index is 5.88. The van der Waals surface area contributed by atoms with Crippen molar-refractivity contribution in [1.82, 2.24) is 4.90 Å². The summed E-state index contributed by atoms with van der Waals surface area (Å²) in [6.07, 6.45) is 7.70. The Morgan fingerprint density at radius 3 is 2.70 bits per heavy atom. The Kier molecular flexibility index (Phi) is 4.37. The van der Waals surface area contributed by atoms with Gasteiger partial charge in [0, 0.05) is 18.5 Å². The molecule has 3 heteroatoms. The van der Waals surface area contributed by atoms with Crippen molar-refractivity contribution >= 4 is 17.2 Å². The molecule has 0 aromatic heterocycles. The van der Waals surface area contributed by atoms with Gasteiger partial charge in [-0.2, -0.15) is 0 Å². The lowest BCUT2D eigenvalue weighted by atomic mass is 9.88. The van der Waals surface area contributed by atoms with Crippen LogP contribution < -0.4 is 5.73 Å². The average Bonchev–Trinajstić information content (AvgIpc) is 2.94. The topological polar surface area (TPSA) is 29.3 Å². The number of hydrogen-bond acceptors (Lipinski definition) is 2. The number of fused-ring (bicyclic) bond motifs is 1. The van der Waals surface area contributed by atoms with Crippen LogP contribution in [0.2, 0.25) is 0 Å². The van der Waals surface area contributed by atoms with Crippen LogP contribution in [0.1, 0.15) is 50.1 Å². The molecule has 1 aliphatic heterocycles. The SMILES string of the molecule is NC(=S)CC(c1ccccc1)N1CCCC2CCCC21. The van der Waals surface area contributed by atoms with Crippen molar-refractivity contribution in [3.8, 4) is 0 Å². The first-order chi connectivity index (χ1) is 9.75. The molecule has 1 heterocycles. The van der Waals surface area contributed by atoms with Crippen LogP contribution in [-0.4, -0.2) is 22.5 Å². The van der Waals surface area contributed by atoms with Gasteiger partial charge in [0.15, 0.2) is 0 Å². The highest BCUT2D eigenvalue weighted by Gasteiger charge is 2.38. The first-order valence-electron chi connectivity index (χ1n) is 7.84. The van der Waals surface area contributed by atoms with Gasteiger partial charge in [-0.05, 0) is 43.7 Å². The Morgan fingerprint density at radius 1 is 1.20 bits per heavy atom. The summed E-state index contributed by atoms with van der Waals surface area (Å²) < 4.78 is 0. The van der Waals surface area contributed by atoms with Crippen molar-refractivity contribution in [1.29, 1.82) is 0 Å². The molecule has 1 saturated heterocycles. The predicted molar refractivity (Wildman–Crippen MR) is 87.7 cm³/mol. The van der Waals surface area contributed by atoms with Gasteiger partial charge in [-0.3, -0.25) is 4.90 Å². The summed E-state index contributed by atoms with van der Waals surface area (Å²) in [5.41, 5.74) is 7.25. The predicted octanol–water partition coefficient (Wildman–Crippen LogP) is 3.67. The van der Waals surface area contributed by atoms with Crippen LogP contribution in [-0.2, 0) is 0 Å². The number of piperidine rings is 1. The van der Waals surface area contributed by atoms with E-state index < -0.39 is 0 Å². The minimum Gasteiger partial charge on any atom is -0.393 e. The molecule has 0 amide bonds. The third-order valence-corrected chi connectivity index (χ3v) is 5.18. The van der Waals surface area contributed by atoms with Crippen molar-refractivity contribution < 1.29 is 0 Å². The molecule has 1 aliphatic carbocycles. The molecular formula is C17H24N2S. The Labute approximate surface area is 127 Å². The standard InChI is InChI=1S/C17H24N2S/c18-17(20)12-16(14-6-2-1-3-7-14)19-11-5-9-13-8-4-10-15(13)19/h1-3,6-7,13,15-16H,4-5,8-12H2,(H2,18,20). The van der Waals surface area contributed by atoms with E-state index in [0.717, 1.165) is 18.4 Å². The van der Waals surface area contributed by atoms with E-state index in [4.69, 9.17) is 18.0 Å². The van der Waals surface area contributed by atoms with Crippen LogP contribution in [0.4, 0.5) is 0 Å². The quantitative estimate of drug-likeness (QED) is 0.857. The van der Waals surface area contributed by atoms with E-state index in [9.17, 15) is 0 Å². The largest absolute Gasteiger partial charge is 0.393 e. The number of nitrogens with zero attached hydrogens (tertiary/aromatic N) is 1. The molecule has 2 aliphatic rings. The smallest absolute Gasteiger partial charge is 0.0746 e. The van der Waals surface area contributed by atoms with E-state index in [1.807, 2.05) is 0 Å². The maximum atomic E-state index is 5.88. The molecule has 1 aromatic carbocycles. The summed E-state index contributed by atoms with van der Waals surface area (Å²) >= 11 is 5.21.